The Balaban J connectivity index is 0.00000208. The minimum atomic E-state index is 0. The van der Waals surface area contributed by atoms with E-state index in [9.17, 15) is 4.79 Å². The summed E-state index contributed by atoms with van der Waals surface area (Å²) in [5.41, 5.74) is 8.50. The second-order valence-corrected chi connectivity index (χ2v) is 7.43. The summed E-state index contributed by atoms with van der Waals surface area (Å²) in [6.07, 6.45) is 0.988. The van der Waals surface area contributed by atoms with Crippen LogP contribution in [-0.2, 0) is 6.42 Å². The Bertz CT molecular complexity index is 686. The van der Waals surface area contributed by atoms with Crippen molar-refractivity contribution in [2.24, 2.45) is 11.7 Å². The van der Waals surface area contributed by atoms with E-state index in [1.54, 1.807) is 11.3 Å². The molecule has 1 aromatic heterocycles. The predicted molar refractivity (Wildman–Crippen MR) is 103 cm³/mol. The van der Waals surface area contributed by atoms with Crippen molar-refractivity contribution in [3.8, 4) is 0 Å². The first-order valence-electron chi connectivity index (χ1n) is 8.27. The summed E-state index contributed by atoms with van der Waals surface area (Å²) < 4.78 is 0. The average molecular weight is 365 g/mol. The van der Waals surface area contributed by atoms with Crippen LogP contribution in [-0.4, -0.2) is 30.4 Å². The van der Waals surface area contributed by atoms with Gasteiger partial charge in [-0.1, -0.05) is 37.3 Å². The molecule has 0 radical (unpaired) electrons. The molecule has 1 fully saturated rings. The van der Waals surface area contributed by atoms with Crippen molar-refractivity contribution in [1.82, 2.24) is 4.90 Å². The van der Waals surface area contributed by atoms with E-state index < -0.39 is 0 Å². The van der Waals surface area contributed by atoms with Crippen LogP contribution in [0.5, 0.6) is 0 Å². The van der Waals surface area contributed by atoms with E-state index in [-0.39, 0.29) is 18.3 Å². The molecule has 2 N–H and O–H groups in total. The number of carbonyl (C=O) groups excluding carboxylic acids is 1. The summed E-state index contributed by atoms with van der Waals surface area (Å²) in [5, 5.41) is 0. The molecule has 1 amide bonds. The lowest BCUT2D eigenvalue weighted by atomic mass is 9.89. The van der Waals surface area contributed by atoms with E-state index in [0.717, 1.165) is 24.4 Å². The van der Waals surface area contributed by atoms with Crippen LogP contribution in [0.3, 0.4) is 0 Å². The second-order valence-electron chi connectivity index (χ2n) is 6.29. The highest BCUT2D eigenvalue weighted by atomic mass is 35.5. The van der Waals surface area contributed by atoms with Gasteiger partial charge in [0.25, 0.3) is 5.91 Å². The predicted octanol–water partition coefficient (Wildman–Crippen LogP) is 3.86. The first-order chi connectivity index (χ1) is 11.1. The monoisotopic (exact) mass is 364 g/mol. The molecule has 1 aliphatic heterocycles. The van der Waals surface area contributed by atoms with Gasteiger partial charge in [0.15, 0.2) is 0 Å². The van der Waals surface area contributed by atoms with Crippen molar-refractivity contribution in [2.45, 2.75) is 26.2 Å². The van der Waals surface area contributed by atoms with Crippen LogP contribution < -0.4 is 5.73 Å². The van der Waals surface area contributed by atoms with Crippen molar-refractivity contribution < 1.29 is 4.79 Å². The molecule has 24 heavy (non-hydrogen) atoms. The maximum absolute atomic E-state index is 12.9. The van der Waals surface area contributed by atoms with Crippen molar-refractivity contribution in [3.63, 3.8) is 0 Å². The average Bonchev–Trinajstić information content (AvgIpc) is 3.18. The van der Waals surface area contributed by atoms with Crippen LogP contribution in [0, 0.1) is 12.8 Å². The lowest BCUT2D eigenvalue weighted by molar-refractivity contribution is 0.0791. The highest BCUT2D eigenvalue weighted by Gasteiger charge is 2.36. The molecule has 1 aromatic carbocycles. The SMILES string of the molecule is CCc1sc(C(=O)N2C[C@@H](CN)[C@H](c3ccccc3)C2)cc1C.Cl. The topological polar surface area (TPSA) is 46.3 Å². The van der Waals surface area contributed by atoms with Gasteiger partial charge < -0.3 is 10.6 Å². The first-order valence-corrected chi connectivity index (χ1v) is 9.09. The van der Waals surface area contributed by atoms with E-state index in [1.165, 1.54) is 16.0 Å². The number of rotatable bonds is 4. The maximum Gasteiger partial charge on any atom is 0.263 e. The van der Waals surface area contributed by atoms with Crippen LogP contribution >= 0.6 is 23.7 Å². The third kappa shape index (κ3) is 3.66. The largest absolute Gasteiger partial charge is 0.337 e. The number of thiophene rings is 1. The molecule has 0 unspecified atom stereocenters. The Morgan fingerprint density at radius 1 is 1.29 bits per heavy atom. The molecular formula is C19H25ClN2OS. The molecule has 5 heteroatoms. The highest BCUT2D eigenvalue weighted by molar-refractivity contribution is 7.14. The Hall–Kier alpha value is -1.36. The van der Waals surface area contributed by atoms with Gasteiger partial charge in [0.1, 0.15) is 0 Å². The standard InChI is InChI=1S/C19H24N2OS.ClH/c1-3-17-13(2)9-18(23-17)19(22)21-11-15(10-20)16(12-21)14-7-5-4-6-8-14;/h4-9,15-16H,3,10-12,20H2,1-2H3;1H/t15-,16+;/m1./s1. The van der Waals surface area contributed by atoms with Gasteiger partial charge in [-0.15, -0.1) is 23.7 Å². The summed E-state index contributed by atoms with van der Waals surface area (Å²) in [6.45, 7) is 6.37. The number of aryl methyl sites for hydroxylation is 2. The Morgan fingerprint density at radius 2 is 2.00 bits per heavy atom. The molecule has 2 aromatic rings. The van der Waals surface area contributed by atoms with E-state index >= 15 is 0 Å². The molecule has 0 spiro atoms. The molecule has 130 valence electrons. The van der Waals surface area contributed by atoms with Crippen LogP contribution in [0.15, 0.2) is 36.4 Å². The van der Waals surface area contributed by atoms with E-state index in [4.69, 9.17) is 5.73 Å². The zero-order valence-electron chi connectivity index (χ0n) is 14.2. The Labute approximate surface area is 154 Å². The Kier molecular flexibility index (Phi) is 6.44. The van der Waals surface area contributed by atoms with Crippen LogP contribution in [0.4, 0.5) is 0 Å². The van der Waals surface area contributed by atoms with Crippen molar-refractivity contribution in [1.29, 1.82) is 0 Å². The van der Waals surface area contributed by atoms with Gasteiger partial charge in [-0.3, -0.25) is 4.79 Å². The summed E-state index contributed by atoms with van der Waals surface area (Å²) in [7, 11) is 0. The zero-order valence-corrected chi connectivity index (χ0v) is 15.8. The molecule has 1 saturated heterocycles. The van der Waals surface area contributed by atoms with Crippen LogP contribution in [0.25, 0.3) is 0 Å². The molecule has 0 bridgehead atoms. The fourth-order valence-corrected chi connectivity index (χ4v) is 4.57. The molecule has 0 saturated carbocycles. The number of nitrogens with two attached hydrogens (primary N) is 1. The van der Waals surface area contributed by atoms with Gasteiger partial charge in [-0.25, -0.2) is 0 Å². The fourth-order valence-electron chi connectivity index (χ4n) is 3.49. The van der Waals surface area contributed by atoms with Crippen molar-refractivity contribution in [2.75, 3.05) is 19.6 Å². The molecular weight excluding hydrogens is 340 g/mol. The Morgan fingerprint density at radius 3 is 2.58 bits per heavy atom. The van der Waals surface area contributed by atoms with Gasteiger partial charge >= 0.3 is 0 Å². The summed E-state index contributed by atoms with van der Waals surface area (Å²) in [4.78, 5) is 17.0. The van der Waals surface area contributed by atoms with Crippen LogP contribution in [0.1, 0.15) is 38.5 Å². The highest BCUT2D eigenvalue weighted by Crippen LogP contribution is 2.34. The summed E-state index contributed by atoms with van der Waals surface area (Å²) in [5.74, 6) is 0.847. The van der Waals surface area contributed by atoms with Crippen molar-refractivity contribution in [3.05, 3.63) is 57.3 Å². The molecule has 2 heterocycles. The van der Waals surface area contributed by atoms with E-state index in [1.807, 2.05) is 17.0 Å². The quantitative estimate of drug-likeness (QED) is 0.895. The van der Waals surface area contributed by atoms with Gasteiger partial charge in [0.05, 0.1) is 4.88 Å². The summed E-state index contributed by atoms with van der Waals surface area (Å²) >= 11 is 1.64. The maximum atomic E-state index is 12.9. The smallest absolute Gasteiger partial charge is 0.263 e. The first kappa shape index (κ1) is 19.0. The lowest BCUT2D eigenvalue weighted by Gasteiger charge is -2.16. The second kappa shape index (κ2) is 8.15. The number of hydrogen-bond acceptors (Lipinski definition) is 3. The molecule has 3 rings (SSSR count). The summed E-state index contributed by atoms with van der Waals surface area (Å²) in [6, 6.07) is 12.5. The molecule has 2 atom stereocenters. The molecule has 1 aliphatic rings. The lowest BCUT2D eigenvalue weighted by Crippen LogP contribution is -2.29. The number of halogens is 1. The van der Waals surface area contributed by atoms with Gasteiger partial charge in [0, 0.05) is 23.9 Å². The van der Waals surface area contributed by atoms with Gasteiger partial charge in [-0.05, 0) is 43.0 Å². The van der Waals surface area contributed by atoms with Gasteiger partial charge in [-0.2, -0.15) is 0 Å². The number of likely N-dealkylation sites (tertiary alicyclic amines) is 1. The van der Waals surface area contributed by atoms with E-state index in [0.29, 0.717) is 18.4 Å². The number of carbonyl (C=O) groups is 1. The minimum absolute atomic E-state index is 0. The molecule has 3 nitrogen and oxygen atoms in total. The molecule has 0 aliphatic carbocycles. The van der Waals surface area contributed by atoms with Gasteiger partial charge in [0.2, 0.25) is 0 Å². The minimum Gasteiger partial charge on any atom is -0.337 e. The third-order valence-electron chi connectivity index (χ3n) is 4.81. The number of amides is 1. The van der Waals surface area contributed by atoms with Crippen LogP contribution in [0.2, 0.25) is 0 Å². The normalized spacial score (nSPS) is 20.0. The fraction of sp³-hybridized carbons (Fsp3) is 0.421. The third-order valence-corrected chi connectivity index (χ3v) is 6.18. The number of benzene rings is 1. The number of nitrogens with zero attached hydrogens (tertiary/aromatic N) is 1. The van der Waals surface area contributed by atoms with E-state index in [2.05, 4.69) is 38.1 Å². The zero-order chi connectivity index (χ0) is 16.4. The number of hydrogen-bond donors (Lipinski definition) is 1. The van der Waals surface area contributed by atoms with Crippen molar-refractivity contribution >= 4 is 29.7 Å².